The number of anilines is 1. The first-order valence-corrected chi connectivity index (χ1v) is 10.7. The average molecular weight is 511 g/mol. The second-order valence-corrected chi connectivity index (χ2v) is 8.65. The number of methoxy groups -OCH3 is 1. The summed E-state index contributed by atoms with van der Waals surface area (Å²) in [5.74, 6) is -1.57. The van der Waals surface area contributed by atoms with E-state index in [0.29, 0.717) is 12.1 Å². The van der Waals surface area contributed by atoms with E-state index in [2.05, 4.69) is 9.71 Å². The molecule has 0 amide bonds. The highest BCUT2D eigenvalue weighted by Crippen LogP contribution is 2.39. The summed E-state index contributed by atoms with van der Waals surface area (Å²) < 4.78 is 90.9. The number of nitrogens with zero attached hydrogens (tertiary/aromatic N) is 1. The first-order chi connectivity index (χ1) is 14.9. The Labute approximate surface area is 189 Å². The number of aromatic nitrogens is 1. The van der Waals surface area contributed by atoms with Crippen molar-refractivity contribution in [3.63, 3.8) is 0 Å². The predicted molar refractivity (Wildman–Crippen MR) is 110 cm³/mol. The third-order valence-electron chi connectivity index (χ3n) is 3.97. The van der Waals surface area contributed by atoms with Gasteiger partial charge in [-0.25, -0.2) is 17.8 Å². The van der Waals surface area contributed by atoms with E-state index in [-0.39, 0.29) is 28.1 Å². The molecule has 0 aliphatic rings. The van der Waals surface area contributed by atoms with Gasteiger partial charge in [0.2, 0.25) is 11.6 Å². The predicted octanol–water partition coefficient (Wildman–Crippen LogP) is 6.15. The van der Waals surface area contributed by atoms with Crippen LogP contribution >= 0.6 is 23.2 Å². The Morgan fingerprint density at radius 1 is 1.09 bits per heavy atom. The van der Waals surface area contributed by atoms with Gasteiger partial charge in [-0.1, -0.05) is 29.3 Å². The molecule has 13 heteroatoms. The fourth-order valence-corrected chi connectivity index (χ4v) is 4.11. The van der Waals surface area contributed by atoms with Crippen LogP contribution in [0.2, 0.25) is 10.0 Å². The molecule has 1 heterocycles. The van der Waals surface area contributed by atoms with Crippen LogP contribution in [-0.2, 0) is 16.2 Å². The SMILES string of the molecule is COc1cccc(F)c1Oc1ncc(Cl)cc1NS(=O)(=O)c1ccc(C(F)(F)F)c(Cl)c1. The molecule has 0 aliphatic heterocycles. The minimum atomic E-state index is -4.76. The van der Waals surface area contributed by atoms with E-state index in [4.69, 9.17) is 32.7 Å². The summed E-state index contributed by atoms with van der Waals surface area (Å²) in [6, 6.07) is 6.90. The molecule has 0 bridgehead atoms. The summed E-state index contributed by atoms with van der Waals surface area (Å²) in [5, 5.41) is -0.807. The Morgan fingerprint density at radius 3 is 2.44 bits per heavy atom. The van der Waals surface area contributed by atoms with Gasteiger partial charge in [0.1, 0.15) is 5.69 Å². The third-order valence-corrected chi connectivity index (χ3v) is 5.85. The molecule has 0 spiro atoms. The lowest BCUT2D eigenvalue weighted by atomic mass is 10.2. The first kappa shape index (κ1) is 23.9. The molecule has 0 aliphatic carbocycles. The Morgan fingerprint density at radius 2 is 1.81 bits per heavy atom. The molecule has 0 saturated carbocycles. The van der Waals surface area contributed by atoms with Gasteiger partial charge in [-0.15, -0.1) is 0 Å². The van der Waals surface area contributed by atoms with Gasteiger partial charge < -0.3 is 9.47 Å². The van der Waals surface area contributed by atoms with Crippen LogP contribution < -0.4 is 14.2 Å². The Bertz CT molecular complexity index is 1270. The van der Waals surface area contributed by atoms with Crippen LogP contribution in [-0.4, -0.2) is 20.5 Å². The minimum Gasteiger partial charge on any atom is -0.493 e. The van der Waals surface area contributed by atoms with E-state index in [0.717, 1.165) is 24.4 Å². The van der Waals surface area contributed by atoms with Crippen LogP contribution in [0, 0.1) is 5.82 Å². The highest BCUT2D eigenvalue weighted by molar-refractivity contribution is 7.92. The smallest absolute Gasteiger partial charge is 0.417 e. The summed E-state index contributed by atoms with van der Waals surface area (Å²) in [4.78, 5) is 3.29. The number of nitrogens with one attached hydrogen (secondary N) is 1. The lowest BCUT2D eigenvalue weighted by Crippen LogP contribution is -2.15. The van der Waals surface area contributed by atoms with Gasteiger partial charge in [-0.2, -0.15) is 13.2 Å². The molecule has 2 aromatic carbocycles. The van der Waals surface area contributed by atoms with Gasteiger partial charge >= 0.3 is 6.18 Å². The molecule has 0 saturated heterocycles. The van der Waals surface area contributed by atoms with Crippen molar-refractivity contribution in [1.29, 1.82) is 0 Å². The number of alkyl halides is 3. The van der Waals surface area contributed by atoms with Gasteiger partial charge in [0.25, 0.3) is 10.0 Å². The first-order valence-electron chi connectivity index (χ1n) is 8.48. The third kappa shape index (κ3) is 5.17. The Balaban J connectivity index is 1.99. The second-order valence-electron chi connectivity index (χ2n) is 6.12. The molecule has 1 aromatic heterocycles. The largest absolute Gasteiger partial charge is 0.493 e. The maximum Gasteiger partial charge on any atom is 0.417 e. The van der Waals surface area contributed by atoms with Crippen LogP contribution in [0.5, 0.6) is 17.4 Å². The molecular formula is C19H12Cl2F4N2O4S. The number of benzene rings is 2. The normalized spacial score (nSPS) is 11.8. The fraction of sp³-hybridized carbons (Fsp3) is 0.105. The number of halogens is 6. The second kappa shape index (κ2) is 9.00. The van der Waals surface area contributed by atoms with Crippen LogP contribution in [0.3, 0.4) is 0 Å². The number of pyridine rings is 1. The molecule has 170 valence electrons. The molecule has 3 aromatic rings. The van der Waals surface area contributed by atoms with E-state index in [1.54, 1.807) is 0 Å². The standard InChI is InChI=1S/C19H12Cl2F4N2O4S/c1-30-16-4-2-3-14(22)17(16)31-18-15(7-10(20)9-26-18)27-32(28,29)11-5-6-12(13(21)8-11)19(23,24)25/h2-9,27H,1H3. The highest BCUT2D eigenvalue weighted by Gasteiger charge is 2.34. The van der Waals surface area contributed by atoms with E-state index in [1.165, 1.54) is 19.2 Å². The number of rotatable bonds is 6. The topological polar surface area (TPSA) is 77.5 Å². The summed E-state index contributed by atoms with van der Waals surface area (Å²) in [6.45, 7) is 0. The summed E-state index contributed by atoms with van der Waals surface area (Å²) in [5.41, 5.74) is -1.50. The quantitative estimate of drug-likeness (QED) is 0.402. The van der Waals surface area contributed by atoms with Crippen molar-refractivity contribution in [3.05, 3.63) is 70.1 Å². The van der Waals surface area contributed by atoms with Crippen molar-refractivity contribution in [2.75, 3.05) is 11.8 Å². The molecule has 0 unspecified atom stereocenters. The van der Waals surface area contributed by atoms with Crippen LogP contribution in [0.1, 0.15) is 5.56 Å². The zero-order valence-corrected chi connectivity index (χ0v) is 18.2. The van der Waals surface area contributed by atoms with Gasteiger partial charge in [0.05, 0.1) is 27.6 Å². The molecule has 6 nitrogen and oxygen atoms in total. The average Bonchev–Trinajstić information content (AvgIpc) is 2.70. The molecule has 0 radical (unpaired) electrons. The molecular weight excluding hydrogens is 499 g/mol. The van der Waals surface area contributed by atoms with E-state index >= 15 is 0 Å². The number of hydrogen-bond donors (Lipinski definition) is 1. The zero-order valence-electron chi connectivity index (χ0n) is 15.9. The van der Waals surface area contributed by atoms with Crippen molar-refractivity contribution in [1.82, 2.24) is 4.98 Å². The van der Waals surface area contributed by atoms with Crippen LogP contribution in [0.25, 0.3) is 0 Å². The van der Waals surface area contributed by atoms with Crippen molar-refractivity contribution < 1.29 is 35.5 Å². The lowest BCUT2D eigenvalue weighted by Gasteiger charge is -2.15. The molecule has 0 atom stereocenters. The maximum absolute atomic E-state index is 14.2. The highest BCUT2D eigenvalue weighted by atomic mass is 35.5. The van der Waals surface area contributed by atoms with Gasteiger partial charge in [-0.05, 0) is 36.4 Å². The number of hydrogen-bond acceptors (Lipinski definition) is 5. The van der Waals surface area contributed by atoms with E-state index in [1.807, 2.05) is 0 Å². The lowest BCUT2D eigenvalue weighted by molar-refractivity contribution is -0.137. The van der Waals surface area contributed by atoms with Crippen molar-refractivity contribution in [2.45, 2.75) is 11.1 Å². The molecule has 0 fully saturated rings. The molecule has 32 heavy (non-hydrogen) atoms. The molecule has 1 N–H and O–H groups in total. The van der Waals surface area contributed by atoms with Crippen LogP contribution in [0.15, 0.2) is 53.6 Å². The van der Waals surface area contributed by atoms with E-state index in [9.17, 15) is 26.0 Å². The van der Waals surface area contributed by atoms with Crippen LogP contribution in [0.4, 0.5) is 23.2 Å². The Kier molecular flexibility index (Phi) is 6.72. The summed E-state index contributed by atoms with van der Waals surface area (Å²) >= 11 is 11.5. The minimum absolute atomic E-state index is 0.000926. The van der Waals surface area contributed by atoms with Gasteiger partial charge in [-0.3, -0.25) is 4.72 Å². The molecule has 3 rings (SSSR count). The van der Waals surface area contributed by atoms with Gasteiger partial charge in [0.15, 0.2) is 11.6 Å². The zero-order chi connectivity index (χ0) is 23.7. The fourth-order valence-electron chi connectivity index (χ4n) is 2.52. The van der Waals surface area contributed by atoms with Crippen molar-refractivity contribution in [3.8, 4) is 17.4 Å². The van der Waals surface area contributed by atoms with E-state index < -0.39 is 37.5 Å². The number of para-hydroxylation sites is 1. The number of ether oxygens (including phenoxy) is 2. The van der Waals surface area contributed by atoms with Crippen molar-refractivity contribution in [2.24, 2.45) is 0 Å². The number of sulfonamides is 1. The maximum atomic E-state index is 14.2. The van der Waals surface area contributed by atoms with Gasteiger partial charge in [0, 0.05) is 6.20 Å². The van der Waals surface area contributed by atoms with Crippen molar-refractivity contribution >= 4 is 38.9 Å². The Hall–Kier alpha value is -2.76. The monoisotopic (exact) mass is 510 g/mol. The summed E-state index contributed by atoms with van der Waals surface area (Å²) in [6.07, 6.45) is -3.64. The summed E-state index contributed by atoms with van der Waals surface area (Å²) in [7, 11) is -3.19.